The second-order valence-electron chi connectivity index (χ2n) is 5.89. The number of rotatable bonds is 2. The number of aromatic nitrogens is 1. The van der Waals surface area contributed by atoms with Crippen LogP contribution in [-0.2, 0) is 6.18 Å². The Balaban J connectivity index is 2.01. The Morgan fingerprint density at radius 2 is 1.96 bits per heavy atom. The van der Waals surface area contributed by atoms with Crippen molar-refractivity contribution in [3.05, 3.63) is 69.6 Å². The van der Waals surface area contributed by atoms with Crippen LogP contribution in [0.4, 0.5) is 13.2 Å². The largest absolute Gasteiger partial charge is 0.416 e. The lowest BCUT2D eigenvalue weighted by Crippen LogP contribution is -2.33. The minimum absolute atomic E-state index is 0.00201. The van der Waals surface area contributed by atoms with Gasteiger partial charge in [-0.25, -0.2) is 0 Å². The van der Waals surface area contributed by atoms with Crippen molar-refractivity contribution in [3.63, 3.8) is 0 Å². The van der Waals surface area contributed by atoms with Gasteiger partial charge >= 0.3 is 6.18 Å². The number of benzene rings is 1. The topological polar surface area (TPSA) is 73.4 Å². The number of carbonyl (C=O) groups excluding carboxylic acids is 1. The van der Waals surface area contributed by atoms with Gasteiger partial charge in [0.05, 0.1) is 17.7 Å². The van der Waals surface area contributed by atoms with Crippen LogP contribution in [0.5, 0.6) is 0 Å². The lowest BCUT2D eigenvalue weighted by Gasteiger charge is -2.27. The molecule has 0 bridgehead atoms. The molecule has 2 unspecified atom stereocenters. The number of alkyl halides is 3. The van der Waals surface area contributed by atoms with Crippen molar-refractivity contribution in [2.45, 2.75) is 24.7 Å². The number of hydrogen-bond acceptors (Lipinski definition) is 3. The van der Waals surface area contributed by atoms with Gasteiger partial charge < -0.3 is 15.0 Å². The minimum Gasteiger partial charge on any atom is -0.391 e. The summed E-state index contributed by atoms with van der Waals surface area (Å²) < 4.78 is 39.9. The zero-order valence-electron chi connectivity index (χ0n) is 13.0. The molecule has 0 radical (unpaired) electrons. The fourth-order valence-electron chi connectivity index (χ4n) is 3.12. The molecule has 2 N–H and O–H groups in total. The number of hydrogen-bond donors (Lipinski definition) is 2. The fourth-order valence-corrected chi connectivity index (χ4v) is 3.12. The highest BCUT2D eigenvalue weighted by Crippen LogP contribution is 2.40. The van der Waals surface area contributed by atoms with Gasteiger partial charge in [-0.2, -0.15) is 13.2 Å². The van der Waals surface area contributed by atoms with Crippen molar-refractivity contribution in [2.75, 3.05) is 6.54 Å². The number of aliphatic hydroxyl groups is 1. The van der Waals surface area contributed by atoms with Crippen LogP contribution >= 0.6 is 0 Å². The maximum absolute atomic E-state index is 13.3. The molecule has 3 rings (SSSR count). The Morgan fingerprint density at radius 1 is 1.24 bits per heavy atom. The van der Waals surface area contributed by atoms with Crippen molar-refractivity contribution in [3.8, 4) is 0 Å². The van der Waals surface area contributed by atoms with Crippen molar-refractivity contribution in [1.82, 2.24) is 9.88 Å². The minimum atomic E-state index is -4.57. The second kappa shape index (κ2) is 6.36. The van der Waals surface area contributed by atoms with Gasteiger partial charge in [0.2, 0.25) is 5.56 Å². The van der Waals surface area contributed by atoms with E-state index in [4.69, 9.17) is 0 Å². The predicted molar refractivity (Wildman–Crippen MR) is 82.9 cm³/mol. The van der Waals surface area contributed by atoms with Crippen molar-refractivity contribution in [1.29, 1.82) is 0 Å². The van der Waals surface area contributed by atoms with E-state index in [9.17, 15) is 27.9 Å². The summed E-state index contributed by atoms with van der Waals surface area (Å²) in [6.07, 6.45) is -4.21. The number of H-pyrrole nitrogens is 1. The molecule has 25 heavy (non-hydrogen) atoms. The Morgan fingerprint density at radius 3 is 2.64 bits per heavy atom. The molecule has 1 aromatic heterocycles. The van der Waals surface area contributed by atoms with Gasteiger partial charge in [-0.05, 0) is 24.1 Å². The normalized spacial score (nSPS) is 20.7. The Kier molecular flexibility index (Phi) is 4.38. The number of aromatic amines is 1. The van der Waals surface area contributed by atoms with E-state index >= 15 is 0 Å². The van der Waals surface area contributed by atoms with Crippen LogP contribution in [0.25, 0.3) is 0 Å². The molecule has 5 nitrogen and oxygen atoms in total. The van der Waals surface area contributed by atoms with Crippen LogP contribution in [0.15, 0.2) is 47.4 Å². The molecule has 0 aliphatic carbocycles. The van der Waals surface area contributed by atoms with Crippen molar-refractivity contribution >= 4 is 5.91 Å². The number of aliphatic hydroxyl groups excluding tert-OH is 1. The summed E-state index contributed by atoms with van der Waals surface area (Å²) in [5, 5.41) is 9.93. The molecule has 1 saturated heterocycles. The molecular weight excluding hydrogens is 337 g/mol. The molecule has 2 heterocycles. The van der Waals surface area contributed by atoms with E-state index in [1.54, 1.807) is 0 Å². The van der Waals surface area contributed by atoms with E-state index in [0.29, 0.717) is 0 Å². The van der Waals surface area contributed by atoms with Crippen LogP contribution in [0, 0.1) is 0 Å². The molecule has 1 fully saturated rings. The quantitative estimate of drug-likeness (QED) is 0.871. The SMILES string of the molecule is O=C(c1cc[nH]c(=O)c1)N1CC(O)CC1c1ccccc1C(F)(F)F. The van der Waals surface area contributed by atoms with Gasteiger partial charge in [-0.1, -0.05) is 18.2 Å². The molecule has 1 aromatic carbocycles. The van der Waals surface area contributed by atoms with E-state index < -0.39 is 35.4 Å². The zero-order chi connectivity index (χ0) is 18.2. The molecule has 8 heteroatoms. The number of pyridine rings is 1. The van der Waals surface area contributed by atoms with Crippen molar-refractivity contribution < 1.29 is 23.1 Å². The molecule has 132 valence electrons. The van der Waals surface area contributed by atoms with Gasteiger partial charge in [-0.15, -0.1) is 0 Å². The molecule has 2 atom stereocenters. The number of amides is 1. The number of halogens is 3. The first kappa shape index (κ1) is 17.2. The Labute approximate surface area is 140 Å². The van der Waals surface area contributed by atoms with Crippen molar-refractivity contribution in [2.24, 2.45) is 0 Å². The number of likely N-dealkylation sites (tertiary alicyclic amines) is 1. The average molecular weight is 352 g/mol. The summed E-state index contributed by atoms with van der Waals surface area (Å²) in [5.74, 6) is -0.593. The lowest BCUT2D eigenvalue weighted by atomic mass is 9.97. The van der Waals surface area contributed by atoms with Crippen LogP contribution in [0.1, 0.15) is 33.9 Å². The monoisotopic (exact) mass is 352 g/mol. The van der Waals surface area contributed by atoms with Gasteiger partial charge in [0, 0.05) is 24.4 Å². The molecule has 1 aliphatic rings. The van der Waals surface area contributed by atoms with E-state index in [0.717, 1.165) is 12.1 Å². The third-order valence-electron chi connectivity index (χ3n) is 4.19. The van der Waals surface area contributed by atoms with Crippen LogP contribution < -0.4 is 5.56 Å². The summed E-state index contributed by atoms with van der Waals surface area (Å²) in [6.45, 7) is -0.0948. The third kappa shape index (κ3) is 3.43. The first-order valence-corrected chi connectivity index (χ1v) is 7.61. The van der Waals surface area contributed by atoms with Crippen LogP contribution in [0.2, 0.25) is 0 Å². The Hall–Kier alpha value is -2.61. The molecular formula is C17H15F3N2O3. The highest BCUT2D eigenvalue weighted by Gasteiger charge is 2.41. The van der Waals surface area contributed by atoms with Gasteiger partial charge in [0.1, 0.15) is 0 Å². The van der Waals surface area contributed by atoms with E-state index in [2.05, 4.69) is 4.98 Å². The highest BCUT2D eigenvalue weighted by atomic mass is 19.4. The maximum atomic E-state index is 13.3. The van der Waals surface area contributed by atoms with Crippen LogP contribution in [-0.4, -0.2) is 33.5 Å². The number of nitrogens with one attached hydrogen (secondary N) is 1. The number of β-amino-alcohol motifs (C(OH)–C–C–N with tert-alkyl or cyclic N) is 1. The van der Waals surface area contributed by atoms with E-state index in [1.165, 1.54) is 35.4 Å². The maximum Gasteiger partial charge on any atom is 0.416 e. The molecule has 1 amide bonds. The predicted octanol–water partition coefficient (Wildman–Crippen LogP) is 2.34. The van der Waals surface area contributed by atoms with Gasteiger partial charge in [0.25, 0.3) is 5.91 Å². The smallest absolute Gasteiger partial charge is 0.391 e. The Bertz CT molecular complexity index is 847. The third-order valence-corrected chi connectivity index (χ3v) is 4.19. The first-order chi connectivity index (χ1) is 11.8. The zero-order valence-corrected chi connectivity index (χ0v) is 13.0. The summed E-state index contributed by atoms with van der Waals surface area (Å²) in [6, 6.07) is 6.55. The number of carbonyl (C=O) groups is 1. The molecule has 1 aliphatic heterocycles. The molecule has 0 spiro atoms. The molecule has 2 aromatic rings. The second-order valence-corrected chi connectivity index (χ2v) is 5.89. The van der Waals surface area contributed by atoms with Gasteiger partial charge in [-0.3, -0.25) is 9.59 Å². The fraction of sp³-hybridized carbons (Fsp3) is 0.294. The lowest BCUT2D eigenvalue weighted by molar-refractivity contribution is -0.138. The summed E-state index contributed by atoms with van der Waals surface area (Å²) in [4.78, 5) is 27.6. The summed E-state index contributed by atoms with van der Waals surface area (Å²) in [7, 11) is 0. The van der Waals surface area contributed by atoms with E-state index in [-0.39, 0.29) is 24.1 Å². The van der Waals surface area contributed by atoms with Gasteiger partial charge in [0.15, 0.2) is 0 Å². The van der Waals surface area contributed by atoms with Crippen LogP contribution in [0.3, 0.4) is 0 Å². The number of nitrogens with zero attached hydrogens (tertiary/aromatic N) is 1. The average Bonchev–Trinajstić information content (AvgIpc) is 2.95. The summed E-state index contributed by atoms with van der Waals surface area (Å²) in [5.41, 5.74) is -1.33. The summed E-state index contributed by atoms with van der Waals surface area (Å²) >= 11 is 0. The molecule has 0 saturated carbocycles. The van der Waals surface area contributed by atoms with E-state index in [1.807, 2.05) is 0 Å². The standard InChI is InChI=1S/C17H15F3N2O3/c18-17(19,20)13-4-2-1-3-12(13)14-8-11(23)9-22(14)16(25)10-5-6-21-15(24)7-10/h1-7,11,14,23H,8-9H2,(H,21,24). The first-order valence-electron chi connectivity index (χ1n) is 7.61. The highest BCUT2D eigenvalue weighted by molar-refractivity contribution is 5.94.